The van der Waals surface area contributed by atoms with Crippen LogP contribution in [0.2, 0.25) is 0 Å². The number of aromatic nitrogens is 2. The Morgan fingerprint density at radius 2 is 1.89 bits per heavy atom. The highest BCUT2D eigenvalue weighted by Gasteiger charge is 2.18. The molecule has 0 radical (unpaired) electrons. The smallest absolute Gasteiger partial charge is 0.147 e. The van der Waals surface area contributed by atoms with Crippen molar-refractivity contribution in [2.45, 2.75) is 26.4 Å². The highest BCUT2D eigenvalue weighted by molar-refractivity contribution is 6.11. The van der Waals surface area contributed by atoms with Gasteiger partial charge in [-0.3, -0.25) is 0 Å². The zero-order chi connectivity index (χ0) is 18.6. The molecular weight excluding hydrogens is 334 g/mol. The summed E-state index contributed by atoms with van der Waals surface area (Å²) in [4.78, 5) is 11.4. The third kappa shape index (κ3) is 3.95. The summed E-state index contributed by atoms with van der Waals surface area (Å²) >= 11 is 0. The van der Waals surface area contributed by atoms with Gasteiger partial charge in [0.2, 0.25) is 0 Å². The average molecular weight is 357 g/mol. The fourth-order valence-corrected chi connectivity index (χ4v) is 3.00. The summed E-state index contributed by atoms with van der Waals surface area (Å²) < 4.78 is 6.11. The van der Waals surface area contributed by atoms with Crippen molar-refractivity contribution in [3.8, 4) is 0 Å². The predicted molar refractivity (Wildman–Crippen MR) is 110 cm³/mol. The maximum Gasteiger partial charge on any atom is 0.147 e. The summed E-state index contributed by atoms with van der Waals surface area (Å²) in [5.74, 6) is 1.24. The number of aromatic amines is 2. The largest absolute Gasteiger partial charge is 0.487 e. The summed E-state index contributed by atoms with van der Waals surface area (Å²) in [6, 6.07) is 18.4. The maximum atomic E-state index is 6.11. The standard InChI is InChI=1S/C23H23N3O/c1-16(2)19-11-10-18(25-19)13-22-23(27-15-17-7-4-3-5-8-17)14-21(26-22)20-9-6-12-24-20/h3-14,16,24-25H,15H2,1-2H3. The van der Waals surface area contributed by atoms with E-state index in [0.29, 0.717) is 12.5 Å². The average Bonchev–Trinajstić information content (AvgIpc) is 3.42. The molecule has 4 heteroatoms. The van der Waals surface area contributed by atoms with Gasteiger partial charge in [0.15, 0.2) is 0 Å². The van der Waals surface area contributed by atoms with Gasteiger partial charge in [-0.25, -0.2) is 4.99 Å². The molecule has 1 aromatic carbocycles. The fourth-order valence-electron chi connectivity index (χ4n) is 3.00. The molecule has 0 aliphatic carbocycles. The highest BCUT2D eigenvalue weighted by atomic mass is 16.5. The zero-order valence-electron chi connectivity index (χ0n) is 15.6. The van der Waals surface area contributed by atoms with Crippen molar-refractivity contribution < 1.29 is 4.74 Å². The van der Waals surface area contributed by atoms with Gasteiger partial charge in [-0.1, -0.05) is 44.2 Å². The van der Waals surface area contributed by atoms with E-state index in [-0.39, 0.29) is 0 Å². The number of allylic oxidation sites excluding steroid dienone is 1. The number of aliphatic imine (C=N–C) groups is 1. The number of benzene rings is 1. The summed E-state index contributed by atoms with van der Waals surface area (Å²) in [5.41, 5.74) is 6.06. The number of nitrogens with zero attached hydrogens (tertiary/aromatic N) is 1. The van der Waals surface area contributed by atoms with E-state index in [1.807, 2.05) is 48.7 Å². The minimum absolute atomic E-state index is 0.461. The van der Waals surface area contributed by atoms with Crippen molar-refractivity contribution in [1.82, 2.24) is 9.97 Å². The van der Waals surface area contributed by atoms with Gasteiger partial charge in [0.1, 0.15) is 18.1 Å². The van der Waals surface area contributed by atoms with E-state index in [1.165, 1.54) is 5.69 Å². The van der Waals surface area contributed by atoms with E-state index in [9.17, 15) is 0 Å². The second-order valence-electron chi connectivity index (χ2n) is 6.92. The minimum Gasteiger partial charge on any atom is -0.487 e. The lowest BCUT2D eigenvalue weighted by Crippen LogP contribution is -1.95. The molecule has 2 aromatic heterocycles. The lowest BCUT2D eigenvalue weighted by atomic mass is 10.1. The molecule has 0 saturated carbocycles. The minimum atomic E-state index is 0.461. The van der Waals surface area contributed by atoms with Crippen LogP contribution >= 0.6 is 0 Å². The van der Waals surface area contributed by atoms with Gasteiger partial charge in [-0.15, -0.1) is 0 Å². The quantitative estimate of drug-likeness (QED) is 0.609. The molecule has 1 aliphatic heterocycles. The first-order valence-electron chi connectivity index (χ1n) is 9.21. The van der Waals surface area contributed by atoms with Crippen molar-refractivity contribution in [3.05, 3.63) is 101 Å². The van der Waals surface area contributed by atoms with Gasteiger partial charge < -0.3 is 14.7 Å². The molecule has 3 heterocycles. The molecule has 0 fully saturated rings. The van der Waals surface area contributed by atoms with Gasteiger partial charge >= 0.3 is 0 Å². The summed E-state index contributed by atoms with van der Waals surface area (Å²) in [5, 5.41) is 0. The number of H-pyrrole nitrogens is 2. The molecule has 1 aliphatic rings. The number of nitrogens with one attached hydrogen (secondary N) is 2. The van der Waals surface area contributed by atoms with E-state index < -0.39 is 0 Å². The van der Waals surface area contributed by atoms with Crippen molar-refractivity contribution in [3.63, 3.8) is 0 Å². The lowest BCUT2D eigenvalue weighted by molar-refractivity contribution is 0.208. The summed E-state index contributed by atoms with van der Waals surface area (Å²) in [6.07, 6.45) is 5.93. The van der Waals surface area contributed by atoms with Crippen LogP contribution in [0.25, 0.3) is 6.08 Å². The van der Waals surface area contributed by atoms with Crippen LogP contribution in [-0.2, 0) is 11.3 Å². The van der Waals surface area contributed by atoms with Crippen LogP contribution in [0.3, 0.4) is 0 Å². The Labute approximate surface area is 159 Å². The first-order chi connectivity index (χ1) is 13.2. The van der Waals surface area contributed by atoms with E-state index in [2.05, 4.69) is 48.1 Å². The van der Waals surface area contributed by atoms with Crippen molar-refractivity contribution >= 4 is 11.8 Å². The Kier molecular flexibility index (Phi) is 4.79. The normalized spacial score (nSPS) is 15.3. The van der Waals surface area contributed by atoms with E-state index >= 15 is 0 Å². The van der Waals surface area contributed by atoms with Crippen molar-refractivity contribution in [2.24, 2.45) is 4.99 Å². The second-order valence-corrected chi connectivity index (χ2v) is 6.92. The third-order valence-electron chi connectivity index (χ3n) is 4.52. The van der Waals surface area contributed by atoms with Crippen LogP contribution < -0.4 is 0 Å². The molecule has 0 bridgehead atoms. The van der Waals surface area contributed by atoms with E-state index in [0.717, 1.165) is 34.1 Å². The number of hydrogen-bond acceptors (Lipinski definition) is 2. The molecule has 2 N–H and O–H groups in total. The van der Waals surface area contributed by atoms with Crippen molar-refractivity contribution in [1.29, 1.82) is 0 Å². The van der Waals surface area contributed by atoms with Gasteiger partial charge in [0.05, 0.1) is 11.4 Å². The van der Waals surface area contributed by atoms with Crippen LogP contribution in [0.15, 0.2) is 83.3 Å². The van der Waals surface area contributed by atoms with Gasteiger partial charge in [-0.2, -0.15) is 0 Å². The number of rotatable bonds is 6. The fraction of sp³-hybridized carbons (Fsp3) is 0.174. The summed E-state index contributed by atoms with van der Waals surface area (Å²) in [6.45, 7) is 4.86. The molecular formula is C23H23N3O. The second kappa shape index (κ2) is 7.54. The number of hydrogen-bond donors (Lipinski definition) is 2. The Bertz CT molecular complexity index is 989. The van der Waals surface area contributed by atoms with Crippen LogP contribution in [0.5, 0.6) is 0 Å². The number of ether oxygens (including phenoxy) is 1. The molecule has 136 valence electrons. The maximum absolute atomic E-state index is 6.11. The highest BCUT2D eigenvalue weighted by Crippen LogP contribution is 2.26. The molecule has 0 saturated heterocycles. The SMILES string of the molecule is CC(C)c1ccc(C=C2N=C(c3ccc[nH]3)C=C2OCc2ccccc2)[nH]1. The monoisotopic (exact) mass is 357 g/mol. The Hall–Kier alpha value is -3.27. The molecule has 0 amide bonds. The molecule has 4 nitrogen and oxygen atoms in total. The van der Waals surface area contributed by atoms with Crippen LogP contribution in [0, 0.1) is 0 Å². The Morgan fingerprint density at radius 3 is 2.59 bits per heavy atom. The van der Waals surface area contributed by atoms with Gasteiger partial charge in [0.25, 0.3) is 0 Å². The first kappa shape index (κ1) is 17.2. The van der Waals surface area contributed by atoms with Gasteiger partial charge in [-0.05, 0) is 41.8 Å². The van der Waals surface area contributed by atoms with Crippen molar-refractivity contribution in [2.75, 3.05) is 0 Å². The van der Waals surface area contributed by atoms with Crippen LogP contribution in [0.1, 0.15) is 42.4 Å². The lowest BCUT2D eigenvalue weighted by Gasteiger charge is -2.08. The molecule has 27 heavy (non-hydrogen) atoms. The van der Waals surface area contributed by atoms with Crippen LogP contribution in [0.4, 0.5) is 0 Å². The zero-order valence-corrected chi connectivity index (χ0v) is 15.6. The first-order valence-corrected chi connectivity index (χ1v) is 9.21. The predicted octanol–water partition coefficient (Wildman–Crippen LogP) is 5.41. The Balaban J connectivity index is 1.61. The molecule has 4 rings (SSSR count). The molecule has 3 aromatic rings. The molecule has 0 unspecified atom stereocenters. The van der Waals surface area contributed by atoms with Gasteiger partial charge in [0, 0.05) is 23.7 Å². The Morgan fingerprint density at radius 1 is 1.04 bits per heavy atom. The third-order valence-corrected chi connectivity index (χ3v) is 4.52. The van der Waals surface area contributed by atoms with Crippen LogP contribution in [-0.4, -0.2) is 15.7 Å². The van der Waals surface area contributed by atoms with E-state index in [1.54, 1.807) is 0 Å². The molecule has 0 atom stereocenters. The van der Waals surface area contributed by atoms with E-state index in [4.69, 9.17) is 9.73 Å². The molecule has 0 spiro atoms. The topological polar surface area (TPSA) is 53.2 Å². The summed E-state index contributed by atoms with van der Waals surface area (Å²) in [7, 11) is 0.